The summed E-state index contributed by atoms with van der Waals surface area (Å²) in [6, 6.07) is 18.7. The molecule has 2 aromatic carbocycles. The van der Waals surface area contributed by atoms with Crippen molar-refractivity contribution in [2.24, 2.45) is 0 Å². The summed E-state index contributed by atoms with van der Waals surface area (Å²) in [6.07, 6.45) is -1.72. The minimum Gasteiger partial charge on any atom is -0.505 e. The number of aromatic hydroxyl groups is 1. The number of nitrogens with zero attached hydrogens (tertiary/aromatic N) is 2. The molecule has 0 unspecified atom stereocenters. The van der Waals surface area contributed by atoms with Crippen LogP contribution in [0.4, 0.5) is 9.59 Å². The molecule has 1 atom stereocenters. The van der Waals surface area contributed by atoms with Crippen LogP contribution in [0.3, 0.4) is 0 Å². The van der Waals surface area contributed by atoms with Crippen LogP contribution in [0.5, 0.6) is 5.75 Å². The molecule has 46 heavy (non-hydrogen) atoms. The number of amides is 2. The number of aryl methyl sites for hydroxylation is 2. The van der Waals surface area contributed by atoms with Gasteiger partial charge in [0.2, 0.25) is 0 Å². The third kappa shape index (κ3) is 10.4. The van der Waals surface area contributed by atoms with Crippen LogP contribution in [0.1, 0.15) is 75.3 Å². The summed E-state index contributed by atoms with van der Waals surface area (Å²) in [7, 11) is 1.15. The molecule has 248 valence electrons. The molecule has 11 nitrogen and oxygen atoms in total. The zero-order valence-electron chi connectivity index (χ0n) is 27.6. The molecule has 0 bridgehead atoms. The average molecular weight is 637 g/mol. The first-order chi connectivity index (χ1) is 21.6. The van der Waals surface area contributed by atoms with E-state index in [9.17, 15) is 24.3 Å². The van der Waals surface area contributed by atoms with E-state index in [1.807, 2.05) is 60.7 Å². The van der Waals surface area contributed by atoms with Gasteiger partial charge in [-0.15, -0.1) is 0 Å². The van der Waals surface area contributed by atoms with Crippen LogP contribution >= 0.6 is 0 Å². The second-order valence-electron chi connectivity index (χ2n) is 12.7. The van der Waals surface area contributed by atoms with E-state index in [1.54, 1.807) is 46.1 Å². The van der Waals surface area contributed by atoms with E-state index in [1.165, 1.54) is 6.07 Å². The van der Waals surface area contributed by atoms with Gasteiger partial charge >= 0.3 is 24.1 Å². The summed E-state index contributed by atoms with van der Waals surface area (Å²) in [4.78, 5) is 53.7. The number of aromatic nitrogens is 1. The Kier molecular flexibility index (Phi) is 12.0. The molecule has 3 rings (SSSR count). The predicted molar refractivity (Wildman–Crippen MR) is 170 cm³/mol. The molecule has 0 saturated heterocycles. The van der Waals surface area contributed by atoms with Crippen molar-refractivity contribution >= 4 is 24.1 Å². The lowest BCUT2D eigenvalue weighted by Gasteiger charge is -2.32. The number of imide groups is 1. The van der Waals surface area contributed by atoms with Gasteiger partial charge in [0.15, 0.2) is 5.69 Å². The highest BCUT2D eigenvalue weighted by atomic mass is 16.6. The summed E-state index contributed by atoms with van der Waals surface area (Å²) < 4.78 is 23.1. The van der Waals surface area contributed by atoms with E-state index >= 15 is 0 Å². The van der Waals surface area contributed by atoms with Crippen LogP contribution in [0.25, 0.3) is 0 Å². The number of hydrogen-bond acceptors (Lipinski definition) is 9. The maximum Gasteiger partial charge on any atom is 0.420 e. The number of carbonyl (C=O) groups excluding carboxylic acids is 4. The van der Waals surface area contributed by atoms with Crippen molar-refractivity contribution in [3.63, 3.8) is 0 Å². The van der Waals surface area contributed by atoms with Crippen LogP contribution in [0, 0.1) is 0 Å². The normalized spacial score (nSPS) is 12.2. The first-order valence-electron chi connectivity index (χ1n) is 15.1. The molecule has 1 N–H and O–H groups in total. The standard InChI is InChI=1S/C35H44N2O9/c1-34(2,3)45-32(41)37(33(42)46-35(4,5)6)27(30(39)43-7)19-18-26-22-28(38)29(31(40)44-23-25-16-12-9-13-17-25)36(26)21-20-24-14-10-8-11-15-24/h8-17,22,27,38H,18-21,23H2,1-7H3/t27-/m0/s1. The molecule has 0 aliphatic heterocycles. The van der Waals surface area contributed by atoms with Gasteiger partial charge in [0.25, 0.3) is 0 Å². The van der Waals surface area contributed by atoms with Crippen LogP contribution in [0.15, 0.2) is 66.7 Å². The quantitative estimate of drug-likeness (QED) is 0.186. The first-order valence-corrected chi connectivity index (χ1v) is 15.1. The molecular weight excluding hydrogens is 592 g/mol. The van der Waals surface area contributed by atoms with Gasteiger partial charge in [-0.25, -0.2) is 19.2 Å². The zero-order valence-corrected chi connectivity index (χ0v) is 27.6. The lowest BCUT2D eigenvalue weighted by Crippen LogP contribution is -2.52. The van der Waals surface area contributed by atoms with Crippen molar-refractivity contribution in [1.29, 1.82) is 0 Å². The lowest BCUT2D eigenvalue weighted by atomic mass is 10.1. The smallest absolute Gasteiger partial charge is 0.420 e. The number of methoxy groups -OCH3 is 1. The van der Waals surface area contributed by atoms with E-state index in [0.29, 0.717) is 23.6 Å². The number of benzene rings is 2. The summed E-state index contributed by atoms with van der Waals surface area (Å²) in [5.74, 6) is -1.90. The van der Waals surface area contributed by atoms with Crippen LogP contribution < -0.4 is 0 Å². The monoisotopic (exact) mass is 636 g/mol. The largest absolute Gasteiger partial charge is 0.505 e. The third-order valence-electron chi connectivity index (χ3n) is 6.67. The highest BCUT2D eigenvalue weighted by molar-refractivity contribution is 5.94. The summed E-state index contributed by atoms with van der Waals surface area (Å²) in [6.45, 7) is 10.1. The number of carbonyl (C=O) groups is 4. The van der Waals surface area contributed by atoms with Crippen molar-refractivity contribution < 1.29 is 43.2 Å². The molecular formula is C35H44N2O9. The minimum absolute atomic E-state index is 0.00344. The van der Waals surface area contributed by atoms with Crippen LogP contribution in [0.2, 0.25) is 0 Å². The van der Waals surface area contributed by atoms with Crippen molar-refractivity contribution in [2.45, 2.75) is 91.2 Å². The van der Waals surface area contributed by atoms with Gasteiger partial charge in [-0.3, -0.25) is 0 Å². The topological polar surface area (TPSA) is 134 Å². The van der Waals surface area contributed by atoms with Gasteiger partial charge in [-0.05, 0) is 71.9 Å². The lowest BCUT2D eigenvalue weighted by molar-refractivity contribution is -0.147. The average Bonchev–Trinajstić information content (AvgIpc) is 3.30. The Morgan fingerprint density at radius 1 is 0.804 bits per heavy atom. The fourth-order valence-corrected chi connectivity index (χ4v) is 4.66. The molecule has 0 saturated carbocycles. The van der Waals surface area contributed by atoms with E-state index in [-0.39, 0.29) is 30.9 Å². The second kappa shape index (κ2) is 15.5. The zero-order chi connectivity index (χ0) is 34.1. The van der Waals surface area contributed by atoms with Crippen molar-refractivity contribution in [3.8, 4) is 5.75 Å². The summed E-state index contributed by atoms with van der Waals surface area (Å²) >= 11 is 0. The Bertz CT molecular complexity index is 1460. The van der Waals surface area contributed by atoms with Crippen LogP contribution in [-0.2, 0) is 49.7 Å². The fourth-order valence-electron chi connectivity index (χ4n) is 4.66. The Morgan fingerprint density at radius 2 is 1.33 bits per heavy atom. The van der Waals surface area contributed by atoms with Gasteiger partial charge in [-0.1, -0.05) is 60.7 Å². The Balaban J connectivity index is 1.97. The Hall–Kier alpha value is -4.80. The molecule has 0 aliphatic carbocycles. The molecule has 0 radical (unpaired) electrons. The Labute approximate surface area is 270 Å². The number of esters is 2. The van der Waals surface area contributed by atoms with E-state index in [0.717, 1.165) is 18.2 Å². The molecule has 1 aromatic heterocycles. The minimum atomic E-state index is -1.44. The summed E-state index contributed by atoms with van der Waals surface area (Å²) in [5.41, 5.74) is 0.243. The highest BCUT2D eigenvalue weighted by Crippen LogP contribution is 2.28. The Morgan fingerprint density at radius 3 is 1.83 bits per heavy atom. The summed E-state index contributed by atoms with van der Waals surface area (Å²) in [5, 5.41) is 11.0. The van der Waals surface area contributed by atoms with Gasteiger partial charge in [-0.2, -0.15) is 4.90 Å². The van der Waals surface area contributed by atoms with Crippen molar-refractivity contribution in [2.75, 3.05) is 7.11 Å². The van der Waals surface area contributed by atoms with Gasteiger partial charge in [0, 0.05) is 18.3 Å². The molecule has 0 aliphatic rings. The predicted octanol–water partition coefficient (Wildman–Crippen LogP) is 6.44. The van der Waals surface area contributed by atoms with Crippen molar-refractivity contribution in [3.05, 3.63) is 89.2 Å². The van der Waals surface area contributed by atoms with E-state index in [4.69, 9.17) is 18.9 Å². The molecule has 3 aromatic rings. The van der Waals surface area contributed by atoms with E-state index < -0.39 is 41.4 Å². The second-order valence-corrected chi connectivity index (χ2v) is 12.7. The van der Waals surface area contributed by atoms with Crippen LogP contribution in [-0.4, -0.2) is 63.1 Å². The SMILES string of the molecule is COC(=O)[C@H](CCc1cc(O)c(C(=O)OCc2ccccc2)n1CCc1ccccc1)N(C(=O)OC(C)(C)C)C(=O)OC(C)(C)C. The first kappa shape index (κ1) is 35.7. The number of hydrogen-bond donors (Lipinski definition) is 1. The molecule has 1 heterocycles. The maximum atomic E-state index is 13.3. The van der Waals surface area contributed by atoms with E-state index in [2.05, 4.69) is 0 Å². The number of rotatable bonds is 11. The highest BCUT2D eigenvalue weighted by Gasteiger charge is 2.41. The van der Waals surface area contributed by atoms with Gasteiger partial charge in [0.05, 0.1) is 7.11 Å². The molecule has 11 heteroatoms. The third-order valence-corrected chi connectivity index (χ3v) is 6.67. The van der Waals surface area contributed by atoms with Crippen molar-refractivity contribution in [1.82, 2.24) is 9.47 Å². The number of ether oxygens (including phenoxy) is 4. The van der Waals surface area contributed by atoms with Gasteiger partial charge in [0.1, 0.15) is 29.6 Å². The molecule has 0 fully saturated rings. The van der Waals surface area contributed by atoms with Gasteiger partial charge < -0.3 is 28.6 Å². The fraction of sp³-hybridized carbons (Fsp3) is 0.429. The maximum absolute atomic E-state index is 13.3. The molecule has 2 amide bonds. The molecule has 0 spiro atoms.